The quantitative estimate of drug-likeness (QED) is 0.576. The number of aliphatic hydroxyl groups excluding tert-OH is 1. The monoisotopic (exact) mass is 253 g/mol. The van der Waals surface area contributed by atoms with Crippen LogP contribution in [0.25, 0.3) is 0 Å². The maximum Gasteiger partial charge on any atom is 0.223 e. The topological polar surface area (TPSA) is 106 Å². The summed E-state index contributed by atoms with van der Waals surface area (Å²) in [5.74, 6) is -0.165. The fourth-order valence-electron chi connectivity index (χ4n) is 2.21. The molecule has 1 aromatic rings. The van der Waals surface area contributed by atoms with Gasteiger partial charge < -0.3 is 16.2 Å². The summed E-state index contributed by atoms with van der Waals surface area (Å²) in [4.78, 5) is 11.8. The summed E-state index contributed by atoms with van der Waals surface area (Å²) >= 11 is 0. The number of rotatable bonds is 5. The predicted molar refractivity (Wildman–Crippen MR) is 64.4 cm³/mol. The van der Waals surface area contributed by atoms with E-state index >= 15 is 0 Å². The lowest BCUT2D eigenvalue weighted by molar-refractivity contribution is -0.125. The molecule has 1 aliphatic rings. The van der Waals surface area contributed by atoms with E-state index < -0.39 is 6.10 Å². The van der Waals surface area contributed by atoms with Gasteiger partial charge >= 0.3 is 0 Å². The van der Waals surface area contributed by atoms with E-state index in [1.807, 2.05) is 0 Å². The molecule has 1 heterocycles. The Balaban J connectivity index is 1.63. The van der Waals surface area contributed by atoms with Crippen LogP contribution in [0.5, 0.6) is 0 Å². The molecule has 1 fully saturated rings. The van der Waals surface area contributed by atoms with Gasteiger partial charge in [0.05, 0.1) is 12.3 Å². The Morgan fingerprint density at radius 2 is 2.39 bits per heavy atom. The van der Waals surface area contributed by atoms with Gasteiger partial charge in [-0.2, -0.15) is 0 Å². The number of carbonyl (C=O) groups is 1. The molecule has 0 bridgehead atoms. The Bertz CT molecular complexity index is 371. The van der Waals surface area contributed by atoms with E-state index in [9.17, 15) is 9.90 Å². The summed E-state index contributed by atoms with van der Waals surface area (Å²) in [6.45, 7) is 1.33. The molecule has 1 aromatic heterocycles. The summed E-state index contributed by atoms with van der Waals surface area (Å²) in [6, 6.07) is -0.268. The second-order valence-corrected chi connectivity index (χ2v) is 4.71. The molecule has 18 heavy (non-hydrogen) atoms. The number of aliphatic hydroxyl groups is 1. The first kappa shape index (κ1) is 13.0. The molecule has 1 aliphatic carbocycles. The molecule has 0 unspecified atom stereocenters. The van der Waals surface area contributed by atoms with Crippen molar-refractivity contribution in [1.82, 2.24) is 20.3 Å². The van der Waals surface area contributed by atoms with E-state index in [4.69, 9.17) is 5.73 Å². The minimum atomic E-state index is -0.545. The standard InChI is InChI=1S/C11H19N5O2/c12-9-6-8(7-10(9)17)11(18)13-2-1-4-16-5-3-14-15-16/h3,5,8-10,17H,1-2,4,6-7,12H2,(H,13,18)/t8-,9+,10+/m0/s1. The van der Waals surface area contributed by atoms with Crippen LogP contribution in [0.3, 0.4) is 0 Å². The molecule has 100 valence electrons. The van der Waals surface area contributed by atoms with Crippen molar-refractivity contribution in [1.29, 1.82) is 0 Å². The minimum absolute atomic E-state index is 0.0133. The highest BCUT2D eigenvalue weighted by atomic mass is 16.3. The molecule has 0 radical (unpaired) electrons. The van der Waals surface area contributed by atoms with Crippen molar-refractivity contribution < 1.29 is 9.90 Å². The minimum Gasteiger partial charge on any atom is -0.391 e. The molecule has 0 saturated heterocycles. The lowest BCUT2D eigenvalue weighted by atomic mass is 10.1. The number of amides is 1. The van der Waals surface area contributed by atoms with E-state index in [0.29, 0.717) is 19.4 Å². The number of hydrogen-bond donors (Lipinski definition) is 3. The molecule has 0 aromatic carbocycles. The van der Waals surface area contributed by atoms with Gasteiger partial charge in [-0.3, -0.25) is 9.48 Å². The molecule has 0 aliphatic heterocycles. The number of nitrogens with zero attached hydrogens (tertiary/aromatic N) is 3. The number of nitrogens with one attached hydrogen (secondary N) is 1. The van der Waals surface area contributed by atoms with Crippen LogP contribution in [0.2, 0.25) is 0 Å². The van der Waals surface area contributed by atoms with Crippen LogP contribution in [-0.2, 0) is 11.3 Å². The lowest BCUT2D eigenvalue weighted by Crippen LogP contribution is -2.31. The van der Waals surface area contributed by atoms with Gasteiger partial charge in [-0.15, -0.1) is 5.10 Å². The predicted octanol–water partition coefficient (Wildman–Crippen LogP) is -1.12. The summed E-state index contributed by atoms with van der Waals surface area (Å²) in [6.07, 6.45) is 4.70. The molecule has 3 atom stereocenters. The van der Waals surface area contributed by atoms with Crippen molar-refractivity contribution in [3.05, 3.63) is 12.4 Å². The lowest BCUT2D eigenvalue weighted by Gasteiger charge is -2.10. The van der Waals surface area contributed by atoms with Gasteiger partial charge in [-0.1, -0.05) is 5.21 Å². The third-order valence-electron chi connectivity index (χ3n) is 3.28. The Morgan fingerprint density at radius 1 is 1.56 bits per heavy atom. The maximum absolute atomic E-state index is 11.8. The second-order valence-electron chi connectivity index (χ2n) is 4.71. The molecule has 1 saturated carbocycles. The van der Waals surface area contributed by atoms with Crippen molar-refractivity contribution in [2.24, 2.45) is 11.7 Å². The van der Waals surface area contributed by atoms with E-state index in [-0.39, 0.29) is 17.9 Å². The fraction of sp³-hybridized carbons (Fsp3) is 0.727. The largest absolute Gasteiger partial charge is 0.391 e. The van der Waals surface area contributed by atoms with Gasteiger partial charge in [0, 0.05) is 31.2 Å². The molecule has 7 heteroatoms. The average Bonchev–Trinajstić information content (AvgIpc) is 2.96. The van der Waals surface area contributed by atoms with Crippen LogP contribution in [-0.4, -0.2) is 44.7 Å². The number of hydrogen-bond acceptors (Lipinski definition) is 5. The number of nitrogens with two attached hydrogens (primary N) is 1. The fourth-order valence-corrected chi connectivity index (χ4v) is 2.21. The van der Waals surface area contributed by atoms with E-state index in [0.717, 1.165) is 13.0 Å². The number of carbonyl (C=O) groups excluding carboxylic acids is 1. The highest BCUT2D eigenvalue weighted by Gasteiger charge is 2.34. The average molecular weight is 253 g/mol. The van der Waals surface area contributed by atoms with E-state index in [1.54, 1.807) is 17.1 Å². The van der Waals surface area contributed by atoms with Crippen LogP contribution < -0.4 is 11.1 Å². The Morgan fingerprint density at radius 3 is 3.00 bits per heavy atom. The van der Waals surface area contributed by atoms with Crippen molar-refractivity contribution in [2.45, 2.75) is 38.0 Å². The van der Waals surface area contributed by atoms with Crippen LogP contribution in [0.1, 0.15) is 19.3 Å². The molecule has 2 rings (SSSR count). The molecule has 7 nitrogen and oxygen atoms in total. The SMILES string of the molecule is N[C@@H]1C[C@H](C(=O)NCCCn2ccnn2)C[C@H]1O. The maximum atomic E-state index is 11.8. The zero-order valence-electron chi connectivity index (χ0n) is 10.2. The normalized spacial score (nSPS) is 27.3. The van der Waals surface area contributed by atoms with Crippen molar-refractivity contribution in [2.75, 3.05) is 6.54 Å². The summed E-state index contributed by atoms with van der Waals surface area (Å²) in [7, 11) is 0. The number of aromatic nitrogens is 3. The Hall–Kier alpha value is -1.47. The number of aryl methyl sites for hydroxylation is 1. The van der Waals surface area contributed by atoms with E-state index in [2.05, 4.69) is 15.6 Å². The van der Waals surface area contributed by atoms with Crippen LogP contribution in [0.4, 0.5) is 0 Å². The van der Waals surface area contributed by atoms with Crippen LogP contribution in [0.15, 0.2) is 12.4 Å². The first-order chi connectivity index (χ1) is 8.66. The summed E-state index contributed by atoms with van der Waals surface area (Å²) in [5, 5.41) is 19.9. The van der Waals surface area contributed by atoms with Crippen molar-refractivity contribution >= 4 is 5.91 Å². The van der Waals surface area contributed by atoms with Crippen molar-refractivity contribution in [3.8, 4) is 0 Å². The molecular formula is C11H19N5O2. The van der Waals surface area contributed by atoms with Gasteiger partial charge in [0.2, 0.25) is 5.91 Å². The first-order valence-electron chi connectivity index (χ1n) is 6.22. The highest BCUT2D eigenvalue weighted by molar-refractivity contribution is 5.79. The van der Waals surface area contributed by atoms with Crippen molar-refractivity contribution in [3.63, 3.8) is 0 Å². The molecule has 1 amide bonds. The third kappa shape index (κ3) is 3.27. The highest BCUT2D eigenvalue weighted by Crippen LogP contribution is 2.24. The van der Waals surface area contributed by atoms with Gasteiger partial charge in [0.25, 0.3) is 0 Å². The van der Waals surface area contributed by atoms with Gasteiger partial charge in [-0.05, 0) is 19.3 Å². The molecule has 4 N–H and O–H groups in total. The Labute approximate surface area is 105 Å². The van der Waals surface area contributed by atoms with Gasteiger partial charge in [0.15, 0.2) is 0 Å². The zero-order chi connectivity index (χ0) is 13.0. The Kier molecular flexibility index (Phi) is 4.27. The van der Waals surface area contributed by atoms with Gasteiger partial charge in [0.1, 0.15) is 0 Å². The van der Waals surface area contributed by atoms with Crippen LogP contribution >= 0.6 is 0 Å². The first-order valence-corrected chi connectivity index (χ1v) is 6.22. The van der Waals surface area contributed by atoms with E-state index in [1.165, 1.54) is 0 Å². The van der Waals surface area contributed by atoms with Gasteiger partial charge in [-0.25, -0.2) is 0 Å². The zero-order valence-corrected chi connectivity index (χ0v) is 10.2. The summed E-state index contributed by atoms with van der Waals surface area (Å²) < 4.78 is 1.72. The second kappa shape index (κ2) is 5.92. The van der Waals surface area contributed by atoms with Crippen LogP contribution in [0, 0.1) is 5.92 Å². The summed E-state index contributed by atoms with van der Waals surface area (Å²) in [5.41, 5.74) is 5.68. The third-order valence-corrected chi connectivity index (χ3v) is 3.28. The smallest absolute Gasteiger partial charge is 0.223 e. The molecule has 0 spiro atoms. The molecular weight excluding hydrogens is 234 g/mol.